The maximum atomic E-state index is 12.8. The van der Waals surface area contributed by atoms with Gasteiger partial charge in [0.05, 0.1) is 12.8 Å². The van der Waals surface area contributed by atoms with Crippen molar-refractivity contribution >= 4 is 34.4 Å². The molecule has 1 N–H and O–H groups in total. The lowest BCUT2D eigenvalue weighted by atomic mass is 10.1. The van der Waals surface area contributed by atoms with Crippen molar-refractivity contribution in [3.05, 3.63) is 65.4 Å². The van der Waals surface area contributed by atoms with Crippen LogP contribution in [0.3, 0.4) is 0 Å². The van der Waals surface area contributed by atoms with Crippen molar-refractivity contribution in [1.82, 2.24) is 0 Å². The van der Waals surface area contributed by atoms with Gasteiger partial charge in [-0.25, -0.2) is 0 Å². The van der Waals surface area contributed by atoms with E-state index in [4.69, 9.17) is 9.15 Å². The molecule has 0 aliphatic carbocycles. The van der Waals surface area contributed by atoms with Crippen LogP contribution in [0.15, 0.2) is 53.0 Å². The zero-order valence-electron chi connectivity index (χ0n) is 16.2. The van der Waals surface area contributed by atoms with Gasteiger partial charge >= 0.3 is 0 Å². The van der Waals surface area contributed by atoms with Gasteiger partial charge in [-0.3, -0.25) is 9.59 Å². The number of fused-ring (bicyclic) bond motifs is 1. The van der Waals surface area contributed by atoms with Crippen LogP contribution in [-0.2, 0) is 4.79 Å². The molecule has 28 heavy (non-hydrogen) atoms. The van der Waals surface area contributed by atoms with E-state index in [2.05, 4.69) is 5.32 Å². The van der Waals surface area contributed by atoms with Crippen LogP contribution < -0.4 is 10.1 Å². The predicted octanol–water partition coefficient (Wildman–Crippen LogP) is 5.38. The van der Waals surface area contributed by atoms with Crippen molar-refractivity contribution in [2.24, 2.45) is 0 Å². The number of allylic oxidation sites excluding steroid dienone is 1. The fourth-order valence-electron chi connectivity index (χ4n) is 2.90. The number of furan rings is 1. The van der Waals surface area contributed by atoms with Gasteiger partial charge in [0, 0.05) is 11.8 Å². The lowest BCUT2D eigenvalue weighted by Crippen LogP contribution is -2.12. The van der Waals surface area contributed by atoms with Gasteiger partial charge in [0.1, 0.15) is 11.3 Å². The molecule has 1 amide bonds. The zero-order chi connectivity index (χ0) is 20.1. The maximum Gasteiger partial charge on any atom is 0.224 e. The van der Waals surface area contributed by atoms with Gasteiger partial charge in [0.15, 0.2) is 5.76 Å². The van der Waals surface area contributed by atoms with Crippen molar-refractivity contribution in [2.45, 2.75) is 26.7 Å². The molecule has 0 saturated heterocycles. The number of ether oxygens (including phenoxy) is 1. The van der Waals surface area contributed by atoms with Crippen molar-refractivity contribution < 1.29 is 18.7 Å². The number of amides is 1. The Balaban J connectivity index is 1.94. The second-order valence-electron chi connectivity index (χ2n) is 6.57. The highest BCUT2D eigenvalue weighted by Gasteiger charge is 2.20. The van der Waals surface area contributed by atoms with Gasteiger partial charge in [-0.15, -0.1) is 0 Å². The summed E-state index contributed by atoms with van der Waals surface area (Å²) in [4.78, 5) is 25.0. The van der Waals surface area contributed by atoms with Gasteiger partial charge in [-0.2, -0.15) is 0 Å². The van der Waals surface area contributed by atoms with E-state index in [1.165, 1.54) is 6.08 Å². The fraction of sp³-hybridized carbons (Fsp3) is 0.217. The van der Waals surface area contributed by atoms with Gasteiger partial charge in [-0.1, -0.05) is 36.8 Å². The van der Waals surface area contributed by atoms with E-state index >= 15 is 0 Å². The second kappa shape index (κ2) is 8.57. The Bertz CT molecular complexity index is 1030. The molecule has 0 bridgehead atoms. The van der Waals surface area contributed by atoms with Crippen molar-refractivity contribution in [2.75, 3.05) is 12.4 Å². The number of anilines is 1. The van der Waals surface area contributed by atoms with Crippen molar-refractivity contribution in [3.63, 3.8) is 0 Å². The standard InChI is InChI=1S/C23H23NO4/c1-4-5-21(26)24-22-18-14-15(2)6-13-20(18)28-23(22)19(25)12-9-16-7-10-17(27-3)11-8-16/h6-14H,4-5H2,1-3H3,(H,24,26)/b12-9+. The number of nitrogens with one attached hydrogen (secondary N) is 1. The SMILES string of the molecule is CCCC(=O)Nc1c(C(=O)/C=C/c2ccc(OC)cc2)oc2ccc(C)cc12. The van der Waals surface area contributed by atoms with Crippen LogP contribution >= 0.6 is 0 Å². The highest BCUT2D eigenvalue weighted by Crippen LogP contribution is 2.32. The summed E-state index contributed by atoms with van der Waals surface area (Å²) in [6.07, 6.45) is 4.26. The van der Waals surface area contributed by atoms with Gasteiger partial charge in [0.25, 0.3) is 0 Å². The third-order valence-corrected chi connectivity index (χ3v) is 4.35. The molecule has 0 aliphatic heterocycles. The molecular weight excluding hydrogens is 354 g/mol. The van der Waals surface area contributed by atoms with Crippen LogP contribution in [0.5, 0.6) is 5.75 Å². The van der Waals surface area contributed by atoms with Crippen LogP contribution in [0.25, 0.3) is 17.0 Å². The highest BCUT2D eigenvalue weighted by atomic mass is 16.5. The molecule has 0 radical (unpaired) electrons. The van der Waals surface area contributed by atoms with E-state index in [1.54, 1.807) is 13.2 Å². The molecular formula is C23H23NO4. The quantitative estimate of drug-likeness (QED) is 0.443. The number of aryl methyl sites for hydroxylation is 1. The molecule has 0 aliphatic rings. The van der Waals surface area contributed by atoms with Gasteiger partial charge < -0.3 is 14.5 Å². The fourth-order valence-corrected chi connectivity index (χ4v) is 2.90. The van der Waals surface area contributed by atoms with Gasteiger partial charge in [-0.05, 0) is 49.2 Å². The normalized spacial score (nSPS) is 11.1. The molecule has 0 atom stereocenters. The Labute approximate surface area is 164 Å². The van der Waals surface area contributed by atoms with E-state index in [9.17, 15) is 9.59 Å². The van der Waals surface area contributed by atoms with Gasteiger partial charge in [0.2, 0.25) is 11.7 Å². The van der Waals surface area contributed by atoms with E-state index in [-0.39, 0.29) is 17.5 Å². The first-order chi connectivity index (χ1) is 13.5. The molecule has 0 fully saturated rings. The van der Waals surface area contributed by atoms with Crippen LogP contribution in [0.4, 0.5) is 5.69 Å². The Morgan fingerprint density at radius 3 is 2.57 bits per heavy atom. The third kappa shape index (κ3) is 4.31. The lowest BCUT2D eigenvalue weighted by molar-refractivity contribution is -0.116. The minimum absolute atomic E-state index is 0.134. The summed E-state index contributed by atoms with van der Waals surface area (Å²) in [5.74, 6) is 0.434. The van der Waals surface area contributed by atoms with Crippen LogP contribution in [0.1, 0.15) is 41.4 Å². The summed E-state index contributed by atoms with van der Waals surface area (Å²) in [7, 11) is 1.60. The molecule has 2 aromatic carbocycles. The molecule has 3 aromatic rings. The first-order valence-electron chi connectivity index (χ1n) is 9.21. The molecule has 0 spiro atoms. The monoisotopic (exact) mass is 377 g/mol. The summed E-state index contributed by atoms with van der Waals surface area (Å²) in [6, 6.07) is 13.0. The Morgan fingerprint density at radius 2 is 1.89 bits per heavy atom. The molecule has 144 valence electrons. The summed E-state index contributed by atoms with van der Waals surface area (Å²) in [6.45, 7) is 3.88. The summed E-state index contributed by atoms with van der Waals surface area (Å²) >= 11 is 0. The van der Waals surface area contributed by atoms with Crippen molar-refractivity contribution in [3.8, 4) is 5.75 Å². The average Bonchev–Trinajstić information content (AvgIpc) is 3.04. The number of carbonyl (C=O) groups is 2. The molecule has 1 heterocycles. The number of hydrogen-bond donors (Lipinski definition) is 1. The average molecular weight is 377 g/mol. The molecule has 5 nitrogen and oxygen atoms in total. The molecule has 5 heteroatoms. The van der Waals surface area contributed by atoms with Crippen LogP contribution in [0, 0.1) is 6.92 Å². The molecule has 0 unspecified atom stereocenters. The smallest absolute Gasteiger partial charge is 0.224 e. The second-order valence-corrected chi connectivity index (χ2v) is 6.57. The zero-order valence-corrected chi connectivity index (χ0v) is 16.2. The largest absolute Gasteiger partial charge is 0.497 e. The van der Waals surface area contributed by atoms with E-state index in [1.807, 2.05) is 56.3 Å². The summed E-state index contributed by atoms with van der Waals surface area (Å²) in [5.41, 5.74) is 2.88. The lowest BCUT2D eigenvalue weighted by Gasteiger charge is -2.04. The minimum atomic E-state index is -0.309. The van der Waals surface area contributed by atoms with E-state index < -0.39 is 0 Å². The van der Waals surface area contributed by atoms with Crippen LogP contribution in [0.2, 0.25) is 0 Å². The number of rotatable bonds is 7. The third-order valence-electron chi connectivity index (χ3n) is 4.35. The number of carbonyl (C=O) groups excluding carboxylic acids is 2. The Hall–Kier alpha value is -3.34. The number of methoxy groups -OCH3 is 1. The first kappa shape index (κ1) is 19.4. The van der Waals surface area contributed by atoms with Crippen molar-refractivity contribution in [1.29, 1.82) is 0 Å². The Morgan fingerprint density at radius 1 is 1.14 bits per heavy atom. The summed E-state index contributed by atoms with van der Waals surface area (Å²) in [5, 5.41) is 3.58. The maximum absolute atomic E-state index is 12.8. The van der Waals surface area contributed by atoms with E-state index in [0.29, 0.717) is 17.7 Å². The highest BCUT2D eigenvalue weighted by molar-refractivity contribution is 6.16. The predicted molar refractivity (Wildman–Crippen MR) is 111 cm³/mol. The molecule has 1 aromatic heterocycles. The first-order valence-corrected chi connectivity index (χ1v) is 9.21. The van der Waals surface area contributed by atoms with E-state index in [0.717, 1.165) is 28.7 Å². The number of hydrogen-bond acceptors (Lipinski definition) is 4. The molecule has 3 rings (SSSR count). The Kier molecular flexibility index (Phi) is 5.94. The summed E-state index contributed by atoms with van der Waals surface area (Å²) < 4.78 is 10.9. The number of ketones is 1. The van der Waals surface area contributed by atoms with Crippen LogP contribution in [-0.4, -0.2) is 18.8 Å². The number of benzene rings is 2. The molecule has 0 saturated carbocycles. The topological polar surface area (TPSA) is 68.5 Å². The minimum Gasteiger partial charge on any atom is -0.497 e.